The Balaban J connectivity index is 1.71. The van der Waals surface area contributed by atoms with E-state index in [0.717, 1.165) is 29.3 Å². The molecule has 0 aliphatic heterocycles. The van der Waals surface area contributed by atoms with E-state index in [2.05, 4.69) is 44.4 Å². The number of nitrogens with zero attached hydrogens (tertiary/aromatic N) is 3. The van der Waals surface area contributed by atoms with E-state index in [0.29, 0.717) is 5.92 Å². The molecule has 0 saturated heterocycles. The van der Waals surface area contributed by atoms with Gasteiger partial charge in [-0.05, 0) is 67.0 Å². The van der Waals surface area contributed by atoms with Crippen molar-refractivity contribution < 1.29 is 0 Å². The predicted octanol–water partition coefficient (Wildman–Crippen LogP) is 3.94. The lowest BCUT2D eigenvalue weighted by Crippen LogP contribution is -2.28. The fourth-order valence-electron chi connectivity index (χ4n) is 3.50. The Labute approximate surface area is 148 Å². The van der Waals surface area contributed by atoms with Crippen LogP contribution in [0, 0.1) is 11.8 Å². The molecule has 2 rings (SSSR count). The molecule has 0 aromatic carbocycles. The smallest absolute Gasteiger partial charge is 0.145 e. The molecule has 5 heteroatoms. The van der Waals surface area contributed by atoms with Crippen LogP contribution < -0.4 is 5.73 Å². The summed E-state index contributed by atoms with van der Waals surface area (Å²) in [6, 6.07) is -0.0252. The van der Waals surface area contributed by atoms with Gasteiger partial charge in [0, 0.05) is 18.9 Å². The third kappa shape index (κ3) is 5.98. The average molecular weight is 381 g/mol. The van der Waals surface area contributed by atoms with Crippen LogP contribution >= 0.6 is 15.9 Å². The van der Waals surface area contributed by atoms with E-state index in [1.165, 1.54) is 38.5 Å². The summed E-state index contributed by atoms with van der Waals surface area (Å²) in [5.74, 6) is 2.17. The summed E-state index contributed by atoms with van der Waals surface area (Å²) >= 11 is 3.37. The standard InChI is InChI=1S/C18H29BrN4/c1-3-10-23(2)11-4-5-14-6-8-15(9-7-14)17(20)18-21-12-16(19)13-22-18/h3,12-15,17H,1,4-11,20H2,2H3. The van der Waals surface area contributed by atoms with Gasteiger partial charge in [0.25, 0.3) is 0 Å². The van der Waals surface area contributed by atoms with Gasteiger partial charge in [-0.2, -0.15) is 0 Å². The zero-order chi connectivity index (χ0) is 16.7. The number of rotatable bonds is 8. The number of halogens is 1. The zero-order valence-corrected chi connectivity index (χ0v) is 15.7. The average Bonchev–Trinajstić information content (AvgIpc) is 2.56. The summed E-state index contributed by atoms with van der Waals surface area (Å²) in [6.07, 6.45) is 13.1. The first kappa shape index (κ1) is 18.6. The molecule has 1 heterocycles. The van der Waals surface area contributed by atoms with Crippen molar-refractivity contribution in [2.45, 2.75) is 44.6 Å². The highest BCUT2D eigenvalue weighted by atomic mass is 79.9. The molecule has 0 bridgehead atoms. The Morgan fingerprint density at radius 2 is 2.00 bits per heavy atom. The molecule has 128 valence electrons. The number of likely N-dealkylation sites (N-methyl/N-ethyl adjacent to an activating group) is 1. The third-order valence-electron chi connectivity index (χ3n) is 4.93. The van der Waals surface area contributed by atoms with Crippen molar-refractivity contribution in [3.8, 4) is 0 Å². The molecule has 23 heavy (non-hydrogen) atoms. The zero-order valence-electron chi connectivity index (χ0n) is 14.1. The van der Waals surface area contributed by atoms with Crippen molar-refractivity contribution in [1.29, 1.82) is 0 Å². The van der Waals surface area contributed by atoms with Gasteiger partial charge in [-0.15, -0.1) is 6.58 Å². The van der Waals surface area contributed by atoms with Crippen molar-refractivity contribution >= 4 is 15.9 Å². The Bertz CT molecular complexity index is 468. The second-order valence-electron chi connectivity index (χ2n) is 6.76. The van der Waals surface area contributed by atoms with Gasteiger partial charge < -0.3 is 10.6 Å². The molecule has 1 unspecified atom stereocenters. The van der Waals surface area contributed by atoms with Crippen LogP contribution in [0.2, 0.25) is 0 Å². The quantitative estimate of drug-likeness (QED) is 0.693. The fourth-order valence-corrected chi connectivity index (χ4v) is 3.71. The lowest BCUT2D eigenvalue weighted by molar-refractivity contribution is 0.222. The van der Waals surface area contributed by atoms with Crippen molar-refractivity contribution in [2.24, 2.45) is 17.6 Å². The summed E-state index contributed by atoms with van der Waals surface area (Å²) in [7, 11) is 2.16. The van der Waals surface area contributed by atoms with Crippen LogP contribution in [-0.2, 0) is 0 Å². The summed E-state index contributed by atoms with van der Waals surface area (Å²) < 4.78 is 0.901. The molecule has 1 aromatic rings. The second-order valence-corrected chi connectivity index (χ2v) is 7.67. The lowest BCUT2D eigenvalue weighted by atomic mass is 9.77. The molecule has 2 N–H and O–H groups in total. The van der Waals surface area contributed by atoms with Crippen LogP contribution in [0.25, 0.3) is 0 Å². The van der Waals surface area contributed by atoms with Gasteiger partial charge in [0.2, 0.25) is 0 Å². The maximum Gasteiger partial charge on any atom is 0.145 e. The summed E-state index contributed by atoms with van der Waals surface area (Å²) in [6.45, 7) is 5.93. The van der Waals surface area contributed by atoms with E-state index in [-0.39, 0.29) is 6.04 Å². The Kier molecular flexibility index (Phi) is 7.66. The van der Waals surface area contributed by atoms with Gasteiger partial charge in [0.15, 0.2) is 0 Å². The number of hydrogen-bond donors (Lipinski definition) is 1. The highest BCUT2D eigenvalue weighted by Crippen LogP contribution is 2.36. The fraction of sp³-hybridized carbons (Fsp3) is 0.667. The normalized spacial score (nSPS) is 23.0. The van der Waals surface area contributed by atoms with Gasteiger partial charge in [-0.25, -0.2) is 9.97 Å². The SMILES string of the molecule is C=CCN(C)CCCC1CCC(C(N)c2ncc(Br)cn2)CC1. The molecule has 4 nitrogen and oxygen atoms in total. The number of aromatic nitrogens is 2. The van der Waals surface area contributed by atoms with Gasteiger partial charge in [-0.3, -0.25) is 0 Å². The Morgan fingerprint density at radius 1 is 1.35 bits per heavy atom. The lowest BCUT2D eigenvalue weighted by Gasteiger charge is -2.31. The number of nitrogens with two attached hydrogens (primary N) is 1. The van der Waals surface area contributed by atoms with Gasteiger partial charge >= 0.3 is 0 Å². The molecule has 1 atom stereocenters. The maximum absolute atomic E-state index is 6.38. The van der Waals surface area contributed by atoms with Crippen LogP contribution in [0.1, 0.15) is 50.4 Å². The van der Waals surface area contributed by atoms with E-state index < -0.39 is 0 Å². The minimum atomic E-state index is -0.0252. The minimum Gasteiger partial charge on any atom is -0.321 e. The van der Waals surface area contributed by atoms with E-state index in [1.54, 1.807) is 12.4 Å². The third-order valence-corrected chi connectivity index (χ3v) is 5.34. The van der Waals surface area contributed by atoms with E-state index in [1.807, 2.05) is 6.08 Å². The largest absolute Gasteiger partial charge is 0.321 e. The predicted molar refractivity (Wildman–Crippen MR) is 99.0 cm³/mol. The van der Waals surface area contributed by atoms with Gasteiger partial charge in [0.05, 0.1) is 10.5 Å². The molecular weight excluding hydrogens is 352 g/mol. The minimum absolute atomic E-state index is 0.0252. The van der Waals surface area contributed by atoms with Crippen LogP contribution in [0.3, 0.4) is 0 Å². The summed E-state index contributed by atoms with van der Waals surface area (Å²) in [5, 5.41) is 0. The molecular formula is C18H29BrN4. The van der Waals surface area contributed by atoms with Crippen molar-refractivity contribution in [2.75, 3.05) is 20.1 Å². The molecule has 1 aromatic heterocycles. The Hall–Kier alpha value is -0.780. The van der Waals surface area contributed by atoms with E-state index in [9.17, 15) is 0 Å². The van der Waals surface area contributed by atoms with Crippen molar-refractivity contribution in [3.05, 3.63) is 35.3 Å². The van der Waals surface area contributed by atoms with Gasteiger partial charge in [0.1, 0.15) is 5.82 Å². The Morgan fingerprint density at radius 3 is 2.61 bits per heavy atom. The molecule has 1 fully saturated rings. The second kappa shape index (κ2) is 9.50. The number of hydrogen-bond acceptors (Lipinski definition) is 4. The molecule has 1 aliphatic carbocycles. The summed E-state index contributed by atoms with van der Waals surface area (Å²) in [4.78, 5) is 11.1. The maximum atomic E-state index is 6.38. The molecule has 1 aliphatic rings. The first-order valence-corrected chi connectivity index (χ1v) is 9.42. The summed E-state index contributed by atoms with van der Waals surface area (Å²) in [5.41, 5.74) is 6.38. The first-order chi connectivity index (χ1) is 11.1. The molecule has 0 amide bonds. The highest BCUT2D eigenvalue weighted by molar-refractivity contribution is 9.10. The van der Waals surface area contributed by atoms with E-state index >= 15 is 0 Å². The topological polar surface area (TPSA) is 55.0 Å². The first-order valence-electron chi connectivity index (χ1n) is 8.62. The van der Waals surface area contributed by atoms with Crippen molar-refractivity contribution in [1.82, 2.24) is 14.9 Å². The highest BCUT2D eigenvalue weighted by Gasteiger charge is 2.27. The van der Waals surface area contributed by atoms with Crippen LogP contribution in [-0.4, -0.2) is 35.0 Å². The van der Waals surface area contributed by atoms with Crippen LogP contribution in [0.15, 0.2) is 29.5 Å². The monoisotopic (exact) mass is 380 g/mol. The molecule has 0 radical (unpaired) electrons. The van der Waals surface area contributed by atoms with Crippen molar-refractivity contribution in [3.63, 3.8) is 0 Å². The van der Waals surface area contributed by atoms with Crippen LogP contribution in [0.5, 0.6) is 0 Å². The van der Waals surface area contributed by atoms with E-state index in [4.69, 9.17) is 5.73 Å². The molecule has 0 spiro atoms. The molecule has 1 saturated carbocycles. The van der Waals surface area contributed by atoms with Crippen LogP contribution in [0.4, 0.5) is 0 Å². The van der Waals surface area contributed by atoms with Gasteiger partial charge in [-0.1, -0.05) is 18.9 Å².